The van der Waals surface area contributed by atoms with Gasteiger partial charge in [0.25, 0.3) is 10.0 Å². The lowest BCUT2D eigenvalue weighted by Crippen LogP contribution is -2.38. The van der Waals surface area contributed by atoms with Crippen molar-refractivity contribution in [1.82, 2.24) is 0 Å². The first-order valence-corrected chi connectivity index (χ1v) is 13.3. The first kappa shape index (κ1) is 27.2. The lowest BCUT2D eigenvalue weighted by atomic mass is 10.0. The summed E-state index contributed by atoms with van der Waals surface area (Å²) in [5, 5.41) is 2.77. The van der Waals surface area contributed by atoms with Crippen molar-refractivity contribution in [2.45, 2.75) is 38.5 Å². The van der Waals surface area contributed by atoms with Crippen molar-refractivity contribution in [3.63, 3.8) is 0 Å². The van der Waals surface area contributed by atoms with Gasteiger partial charge in [-0.2, -0.15) is 0 Å². The summed E-state index contributed by atoms with van der Waals surface area (Å²) in [4.78, 5) is 25.0. The van der Waals surface area contributed by atoms with Gasteiger partial charge in [-0.15, -0.1) is 0 Å². The Labute approximate surface area is 217 Å². The Morgan fingerprint density at radius 3 is 2.19 bits per heavy atom. The fraction of sp³-hybridized carbons (Fsp3) is 0.259. The zero-order chi connectivity index (χ0) is 26.5. The summed E-state index contributed by atoms with van der Waals surface area (Å²) in [6.07, 6.45) is 0. The fourth-order valence-corrected chi connectivity index (χ4v) is 5.15. The molecule has 1 amide bonds. The van der Waals surface area contributed by atoms with Crippen molar-refractivity contribution in [2.75, 3.05) is 22.8 Å². The Balaban J connectivity index is 1.90. The van der Waals surface area contributed by atoms with Crippen LogP contribution in [0.4, 0.5) is 11.4 Å². The monoisotopic (exact) mass is 528 g/mol. The van der Waals surface area contributed by atoms with Crippen molar-refractivity contribution < 1.29 is 22.7 Å². The van der Waals surface area contributed by atoms with E-state index in [1.165, 1.54) is 30.3 Å². The zero-order valence-electron chi connectivity index (χ0n) is 20.6. The molecule has 0 heterocycles. The predicted octanol–water partition coefficient (Wildman–Crippen LogP) is 5.78. The van der Waals surface area contributed by atoms with E-state index in [4.69, 9.17) is 16.3 Å². The molecule has 0 saturated carbocycles. The summed E-state index contributed by atoms with van der Waals surface area (Å²) in [6.45, 7) is 7.38. The summed E-state index contributed by atoms with van der Waals surface area (Å²) in [6, 6.07) is 17.9. The van der Waals surface area contributed by atoms with Gasteiger partial charge in [0.15, 0.2) is 0 Å². The predicted molar refractivity (Wildman–Crippen MR) is 142 cm³/mol. The third kappa shape index (κ3) is 6.44. The van der Waals surface area contributed by atoms with Crippen LogP contribution < -0.4 is 9.62 Å². The number of hydrogen-bond donors (Lipinski definition) is 1. The maximum Gasteiger partial charge on any atom is 0.339 e. The Morgan fingerprint density at radius 2 is 1.64 bits per heavy atom. The van der Waals surface area contributed by atoms with Gasteiger partial charge in [-0.1, -0.05) is 55.3 Å². The van der Waals surface area contributed by atoms with Crippen LogP contribution in [0.2, 0.25) is 5.02 Å². The molecule has 190 valence electrons. The Bertz CT molecular complexity index is 1340. The van der Waals surface area contributed by atoms with E-state index in [9.17, 15) is 18.0 Å². The highest BCUT2D eigenvalue weighted by molar-refractivity contribution is 7.92. The van der Waals surface area contributed by atoms with Crippen molar-refractivity contribution in [1.29, 1.82) is 0 Å². The minimum Gasteiger partial charge on any atom is -0.462 e. The molecule has 0 aliphatic heterocycles. The molecule has 3 aromatic carbocycles. The van der Waals surface area contributed by atoms with E-state index in [0.29, 0.717) is 11.4 Å². The lowest BCUT2D eigenvalue weighted by Gasteiger charge is -2.24. The molecule has 1 N–H and O–H groups in total. The first-order valence-electron chi connectivity index (χ1n) is 11.5. The number of sulfonamides is 1. The van der Waals surface area contributed by atoms with E-state index in [0.717, 1.165) is 15.4 Å². The van der Waals surface area contributed by atoms with Crippen LogP contribution in [0.3, 0.4) is 0 Å². The largest absolute Gasteiger partial charge is 0.462 e. The number of halogens is 1. The second-order valence-electron chi connectivity index (χ2n) is 8.53. The molecule has 36 heavy (non-hydrogen) atoms. The van der Waals surface area contributed by atoms with Gasteiger partial charge in [-0.05, 0) is 67.8 Å². The van der Waals surface area contributed by atoms with Crippen LogP contribution in [0.5, 0.6) is 0 Å². The topological polar surface area (TPSA) is 92.8 Å². The molecule has 0 saturated heterocycles. The van der Waals surface area contributed by atoms with Crippen LogP contribution in [0, 0.1) is 6.92 Å². The number of amides is 1. The smallest absolute Gasteiger partial charge is 0.339 e. The van der Waals surface area contributed by atoms with Crippen molar-refractivity contribution in [2.24, 2.45) is 0 Å². The number of anilines is 2. The van der Waals surface area contributed by atoms with Gasteiger partial charge in [-0.25, -0.2) is 13.2 Å². The average molecular weight is 529 g/mol. The maximum absolute atomic E-state index is 13.6. The Morgan fingerprint density at radius 1 is 1.00 bits per heavy atom. The van der Waals surface area contributed by atoms with E-state index in [1.54, 1.807) is 31.2 Å². The molecule has 0 spiro atoms. The van der Waals surface area contributed by atoms with Gasteiger partial charge in [0.2, 0.25) is 5.91 Å². The van der Waals surface area contributed by atoms with Crippen LogP contribution in [-0.2, 0) is 19.6 Å². The fourth-order valence-electron chi connectivity index (χ4n) is 3.48. The van der Waals surface area contributed by atoms with Gasteiger partial charge >= 0.3 is 5.97 Å². The van der Waals surface area contributed by atoms with E-state index in [-0.39, 0.29) is 28.0 Å². The summed E-state index contributed by atoms with van der Waals surface area (Å²) in [5.41, 5.74) is 2.83. The zero-order valence-corrected chi connectivity index (χ0v) is 22.2. The molecule has 0 radical (unpaired) electrons. The van der Waals surface area contributed by atoms with Gasteiger partial charge in [0.1, 0.15) is 6.54 Å². The summed E-state index contributed by atoms with van der Waals surface area (Å²) >= 11 is 6.19. The van der Waals surface area contributed by atoms with Crippen molar-refractivity contribution in [3.8, 4) is 0 Å². The van der Waals surface area contributed by atoms with Crippen LogP contribution in [0.25, 0.3) is 0 Å². The Hall–Kier alpha value is -3.36. The summed E-state index contributed by atoms with van der Waals surface area (Å²) in [7, 11) is -4.04. The Kier molecular flexibility index (Phi) is 8.76. The highest BCUT2D eigenvalue weighted by atomic mass is 35.5. The number of hydrogen-bond acceptors (Lipinski definition) is 5. The minimum absolute atomic E-state index is 0.0793. The summed E-state index contributed by atoms with van der Waals surface area (Å²) in [5.74, 6) is -0.869. The molecule has 0 fully saturated rings. The second kappa shape index (κ2) is 11.6. The molecule has 0 unspecified atom stereocenters. The maximum atomic E-state index is 13.6. The van der Waals surface area contributed by atoms with E-state index < -0.39 is 28.4 Å². The van der Waals surface area contributed by atoms with E-state index in [2.05, 4.69) is 5.32 Å². The molecule has 0 bridgehead atoms. The third-order valence-electron chi connectivity index (χ3n) is 5.49. The minimum atomic E-state index is -4.04. The van der Waals surface area contributed by atoms with Crippen LogP contribution in [0.1, 0.15) is 48.2 Å². The lowest BCUT2D eigenvalue weighted by molar-refractivity contribution is -0.114. The van der Waals surface area contributed by atoms with Crippen molar-refractivity contribution in [3.05, 3.63) is 88.4 Å². The highest BCUT2D eigenvalue weighted by Crippen LogP contribution is 2.27. The van der Waals surface area contributed by atoms with Crippen LogP contribution >= 0.6 is 11.6 Å². The number of carbonyl (C=O) groups excluding carboxylic acids is 2. The van der Waals surface area contributed by atoms with Crippen LogP contribution in [0.15, 0.2) is 71.6 Å². The number of nitrogens with one attached hydrogen (secondary N) is 1. The molecular weight excluding hydrogens is 500 g/mol. The molecular formula is C27H29ClN2O5S. The van der Waals surface area contributed by atoms with Crippen LogP contribution in [-0.4, -0.2) is 33.4 Å². The average Bonchev–Trinajstić information content (AvgIpc) is 2.83. The first-order chi connectivity index (χ1) is 17.0. The van der Waals surface area contributed by atoms with Gasteiger partial charge < -0.3 is 10.1 Å². The number of rotatable bonds is 9. The molecule has 3 rings (SSSR count). The number of esters is 1. The molecule has 0 aromatic heterocycles. The number of carbonyl (C=O) groups is 2. The van der Waals surface area contributed by atoms with E-state index in [1.807, 2.05) is 32.9 Å². The number of nitrogens with zero attached hydrogens (tertiary/aromatic N) is 1. The summed E-state index contributed by atoms with van der Waals surface area (Å²) < 4.78 is 33.2. The number of ether oxygens (including phenoxy) is 1. The molecule has 3 aromatic rings. The highest BCUT2D eigenvalue weighted by Gasteiger charge is 2.27. The SMILES string of the molecule is CCOC(=O)c1ccc(NC(=O)CN(c2ccc(C(C)C)cc2)S(=O)(=O)c2ccc(C)cc2)cc1Cl. The third-order valence-corrected chi connectivity index (χ3v) is 7.59. The normalized spacial score (nSPS) is 11.3. The molecule has 0 aliphatic rings. The quantitative estimate of drug-likeness (QED) is 0.355. The van der Waals surface area contributed by atoms with Crippen molar-refractivity contribution >= 4 is 44.9 Å². The van der Waals surface area contributed by atoms with Gasteiger partial charge in [0, 0.05) is 5.69 Å². The van der Waals surface area contributed by atoms with Gasteiger partial charge in [0.05, 0.1) is 27.8 Å². The molecule has 0 atom stereocenters. The standard InChI is InChI=1S/C27H29ClN2O5S/c1-5-35-27(32)24-15-10-21(16-25(24)28)29-26(31)17-30(22-11-8-20(9-12-22)18(2)3)36(33,34)23-13-6-19(4)7-14-23/h6-16,18H,5,17H2,1-4H3,(H,29,31). The number of benzene rings is 3. The van der Waals surface area contributed by atoms with Gasteiger partial charge in [-0.3, -0.25) is 9.10 Å². The van der Waals surface area contributed by atoms with E-state index >= 15 is 0 Å². The number of aryl methyl sites for hydroxylation is 1. The second-order valence-corrected chi connectivity index (χ2v) is 10.8. The molecule has 0 aliphatic carbocycles. The molecule has 9 heteroatoms. The molecule has 7 nitrogen and oxygen atoms in total.